The summed E-state index contributed by atoms with van der Waals surface area (Å²) in [6, 6.07) is 0. The van der Waals surface area contributed by atoms with Crippen LogP contribution in [-0.2, 0) is 9.53 Å². The van der Waals surface area contributed by atoms with Crippen molar-refractivity contribution in [3.8, 4) is 0 Å². The third kappa shape index (κ3) is 16.1. The van der Waals surface area contributed by atoms with Crippen molar-refractivity contribution in [2.24, 2.45) is 0 Å². The Hall–Kier alpha value is -0.870. The summed E-state index contributed by atoms with van der Waals surface area (Å²) < 4.78 is 17.3. The second kappa shape index (κ2) is 12.8. The average Bonchev–Trinajstić information content (AvgIpc) is 2.12. The molecule has 0 bridgehead atoms. The zero-order valence-electron chi connectivity index (χ0n) is 9.16. The molecule has 0 aliphatic rings. The van der Waals surface area contributed by atoms with Crippen molar-refractivity contribution in [3.05, 3.63) is 12.2 Å². The van der Waals surface area contributed by atoms with E-state index in [-0.39, 0.29) is 19.9 Å². The van der Waals surface area contributed by atoms with Crippen molar-refractivity contribution < 1.29 is 21.1 Å². The Balaban J connectivity index is 0. The molecule has 4 nitrogen and oxygen atoms in total. The number of carboxylic acids is 1. The van der Waals surface area contributed by atoms with Crippen LogP contribution >= 0.6 is 0 Å². The van der Waals surface area contributed by atoms with Crippen LogP contribution in [0.25, 0.3) is 0 Å². The lowest BCUT2D eigenvalue weighted by atomic mass is 10.5. The highest BCUT2D eigenvalue weighted by Gasteiger charge is 1.93. The van der Waals surface area contributed by atoms with Gasteiger partial charge >= 0.3 is 5.97 Å². The molecule has 0 radical (unpaired) electrons. The molecule has 0 spiro atoms. The number of aliphatic hydroxyl groups excluding tert-OH is 1. The highest BCUT2D eigenvalue weighted by Crippen LogP contribution is 1.82. The molecule has 12 heavy (non-hydrogen) atoms. The predicted octanol–water partition coefficient (Wildman–Crippen LogP) is 0.662. The lowest BCUT2D eigenvalue weighted by molar-refractivity contribution is -0.138. The maximum absolute atomic E-state index is 9.96. The number of carbonyl (C=O) groups is 1. The first-order chi connectivity index (χ1) is 6.68. The molecule has 0 saturated heterocycles. The average molecular weight is 179 g/mol. The van der Waals surface area contributed by atoms with Gasteiger partial charge in [-0.1, -0.05) is 12.2 Å². The van der Waals surface area contributed by atoms with Crippen LogP contribution in [-0.4, -0.2) is 37.9 Å². The quantitative estimate of drug-likeness (QED) is 0.480. The molecule has 0 atom stereocenters. The second-order valence-electron chi connectivity index (χ2n) is 1.69. The number of ether oxygens (including phenoxy) is 1. The lowest BCUT2D eigenvalue weighted by Gasteiger charge is -1.95. The number of aliphatic carboxylic acids is 1. The van der Waals surface area contributed by atoms with Crippen molar-refractivity contribution in [1.29, 1.82) is 1.43 Å². The molecule has 0 aliphatic heterocycles. The molecule has 0 aromatic rings. The van der Waals surface area contributed by atoms with Gasteiger partial charge in [0.1, 0.15) is 0 Å². The zero-order chi connectivity index (χ0) is 11.2. The fourth-order valence-electron chi connectivity index (χ4n) is 0.379. The minimum atomic E-state index is -0.852. The van der Waals surface area contributed by atoms with E-state index in [1.807, 2.05) is 0 Å². The van der Waals surface area contributed by atoms with E-state index in [0.717, 1.165) is 0 Å². The SMILES string of the molecule is [2H]C/C=C/COCCC(=O)O.[3H]OC. The van der Waals surface area contributed by atoms with Gasteiger partial charge in [0.2, 0.25) is 1.43 Å². The van der Waals surface area contributed by atoms with Gasteiger partial charge in [0.25, 0.3) is 0 Å². The smallest absolute Gasteiger partial charge is 0.305 e. The van der Waals surface area contributed by atoms with E-state index in [1.165, 1.54) is 7.11 Å². The highest BCUT2D eigenvalue weighted by atomic mass is 16.5. The summed E-state index contributed by atoms with van der Waals surface area (Å²) in [6.07, 6.45) is 3.39. The number of allylic oxidation sites excluding steroid dienone is 1. The summed E-state index contributed by atoms with van der Waals surface area (Å²) in [5.41, 5.74) is 0. The molecule has 0 fully saturated rings. The van der Waals surface area contributed by atoms with Gasteiger partial charge in [-0.2, -0.15) is 0 Å². The lowest BCUT2D eigenvalue weighted by Crippen LogP contribution is -2.02. The summed E-state index contributed by atoms with van der Waals surface area (Å²) in [5.74, 6) is -0.852. The molecule has 0 amide bonds. The first kappa shape index (κ1) is 9.22. The van der Waals surface area contributed by atoms with Crippen molar-refractivity contribution in [1.82, 2.24) is 0 Å². The van der Waals surface area contributed by atoms with Crippen LogP contribution in [0.4, 0.5) is 0 Å². The number of carboxylic acid groups (broad SMARTS) is 1. The molecule has 0 aromatic heterocycles. The molecular weight excluding hydrogens is 160 g/mol. The summed E-state index contributed by atoms with van der Waals surface area (Å²) in [7, 11) is 1.29. The molecule has 0 saturated carbocycles. The molecule has 0 unspecified atom stereocenters. The Labute approximate surface area is 75.4 Å². The third-order valence-electron chi connectivity index (χ3n) is 0.841. The maximum atomic E-state index is 9.96. The Bertz CT molecular complexity index is 150. The van der Waals surface area contributed by atoms with E-state index < -0.39 is 5.97 Å². The zero-order valence-corrected chi connectivity index (χ0v) is 7.16. The molecule has 4 heteroatoms. The normalized spacial score (nSPS) is 11.4. The Morgan fingerprint density at radius 3 is 3.08 bits per heavy atom. The molecule has 0 aromatic carbocycles. The van der Waals surface area contributed by atoms with Crippen LogP contribution in [0.15, 0.2) is 12.2 Å². The predicted molar refractivity (Wildman–Crippen MR) is 46.0 cm³/mol. The van der Waals surface area contributed by atoms with Gasteiger partial charge in [-0.25, -0.2) is 0 Å². The summed E-state index contributed by atoms with van der Waals surface area (Å²) in [6.45, 7) is 0.867. The van der Waals surface area contributed by atoms with Crippen LogP contribution in [0, 0.1) is 0 Å². The van der Waals surface area contributed by atoms with Gasteiger partial charge in [0, 0.05) is 8.48 Å². The monoisotopic (exact) mass is 179 g/mol. The molecular formula is C8H16O4. The van der Waals surface area contributed by atoms with Gasteiger partial charge in [-0.05, 0) is 6.90 Å². The minimum Gasteiger partial charge on any atom is -0.481 e. The number of hydrogen-bond donors (Lipinski definition) is 2. The third-order valence-corrected chi connectivity index (χ3v) is 0.841. The van der Waals surface area contributed by atoms with Crippen molar-refractivity contribution >= 4 is 5.97 Å². The highest BCUT2D eigenvalue weighted by molar-refractivity contribution is 5.66. The molecule has 0 heterocycles. The number of aliphatic hydroxyl groups is 1. The van der Waals surface area contributed by atoms with Crippen molar-refractivity contribution in [3.63, 3.8) is 0 Å². The fourth-order valence-corrected chi connectivity index (χ4v) is 0.379. The van der Waals surface area contributed by atoms with Crippen LogP contribution in [0.3, 0.4) is 0 Å². The van der Waals surface area contributed by atoms with E-state index in [9.17, 15) is 4.79 Å². The van der Waals surface area contributed by atoms with E-state index in [4.69, 9.17) is 12.6 Å². The maximum Gasteiger partial charge on any atom is 0.305 e. The van der Waals surface area contributed by atoms with Crippen LogP contribution in [0.2, 0.25) is 0 Å². The fraction of sp³-hybridized carbons (Fsp3) is 0.625. The largest absolute Gasteiger partial charge is 0.481 e. The Morgan fingerprint density at radius 2 is 2.58 bits per heavy atom. The Kier molecular flexibility index (Phi) is 9.82. The summed E-state index contributed by atoms with van der Waals surface area (Å²) >= 11 is 0. The van der Waals surface area contributed by atoms with Crippen LogP contribution in [0.5, 0.6) is 0 Å². The molecule has 2 N–H and O–H groups in total. The summed E-state index contributed by atoms with van der Waals surface area (Å²) in [5, 5.41) is 11.7. The first-order valence-corrected chi connectivity index (χ1v) is 3.42. The van der Waals surface area contributed by atoms with E-state index >= 15 is 0 Å². The van der Waals surface area contributed by atoms with E-state index in [2.05, 4.69) is 5.11 Å². The van der Waals surface area contributed by atoms with E-state index in [0.29, 0.717) is 6.61 Å². The van der Waals surface area contributed by atoms with Crippen LogP contribution in [0.1, 0.15) is 14.7 Å². The standard InChI is InChI=1S/C7H12O3.CH4O/c1-2-3-5-10-6-4-7(8)9;1-2/h2-3H,4-6H2,1H3,(H,8,9);2H,1H3/b3-2+;/i1D;2T. The van der Waals surface area contributed by atoms with Crippen molar-refractivity contribution in [2.75, 3.05) is 20.3 Å². The summed E-state index contributed by atoms with van der Waals surface area (Å²) in [4.78, 5) is 9.96. The molecule has 0 rings (SSSR count). The molecule has 72 valence electrons. The van der Waals surface area contributed by atoms with Gasteiger partial charge in [0.15, 0.2) is 0 Å². The van der Waals surface area contributed by atoms with Gasteiger partial charge in [-0.15, -0.1) is 0 Å². The van der Waals surface area contributed by atoms with Crippen LogP contribution < -0.4 is 0 Å². The topological polar surface area (TPSA) is 66.8 Å². The van der Waals surface area contributed by atoms with Gasteiger partial charge in [0.05, 0.1) is 19.6 Å². The number of hydrogen-bond acceptors (Lipinski definition) is 3. The van der Waals surface area contributed by atoms with E-state index in [1.54, 1.807) is 12.2 Å². The minimum absolute atomic E-state index is 0.0364. The Morgan fingerprint density at radius 1 is 1.92 bits per heavy atom. The second-order valence-corrected chi connectivity index (χ2v) is 1.69. The molecule has 0 aliphatic carbocycles. The first-order valence-electron chi connectivity index (χ1n) is 4.53. The van der Waals surface area contributed by atoms with Gasteiger partial charge < -0.3 is 15.0 Å². The van der Waals surface area contributed by atoms with Crippen molar-refractivity contribution in [2.45, 2.75) is 13.3 Å². The van der Waals surface area contributed by atoms with Gasteiger partial charge in [-0.3, -0.25) is 4.79 Å². The number of rotatable bonds is 5.